The van der Waals surface area contributed by atoms with Crippen LogP contribution < -0.4 is 10.9 Å². The molecule has 2 aromatic carbocycles. The van der Waals surface area contributed by atoms with Crippen LogP contribution in [0.5, 0.6) is 0 Å². The van der Waals surface area contributed by atoms with Crippen molar-refractivity contribution >= 4 is 21.6 Å². The molecule has 2 aliphatic rings. The summed E-state index contributed by atoms with van der Waals surface area (Å²) >= 11 is 0. The molecule has 1 fully saturated rings. The number of rotatable bonds is 4. The smallest absolute Gasteiger partial charge is 0.255 e. The van der Waals surface area contributed by atoms with E-state index in [1.54, 1.807) is 53.1 Å². The van der Waals surface area contributed by atoms with Gasteiger partial charge in [0.15, 0.2) is 0 Å². The summed E-state index contributed by atoms with van der Waals surface area (Å²) < 4.78 is 30.0. The van der Waals surface area contributed by atoms with E-state index in [9.17, 15) is 18.0 Å². The van der Waals surface area contributed by atoms with E-state index < -0.39 is 10.0 Å². The number of nitrogens with zero attached hydrogens (tertiary/aromatic N) is 2. The highest BCUT2D eigenvalue weighted by Crippen LogP contribution is 2.37. The largest absolute Gasteiger partial charge is 0.322 e. The Kier molecular flexibility index (Phi) is 5.19. The maximum Gasteiger partial charge on any atom is 0.255 e. The second-order valence-corrected chi connectivity index (χ2v) is 10.3. The number of piperidine rings is 1. The third kappa shape index (κ3) is 3.76. The number of carbonyl (C=O) groups is 1. The van der Waals surface area contributed by atoms with Gasteiger partial charge < -0.3 is 9.88 Å². The highest BCUT2D eigenvalue weighted by molar-refractivity contribution is 7.89. The summed E-state index contributed by atoms with van der Waals surface area (Å²) in [4.78, 5) is 24.7. The van der Waals surface area contributed by atoms with Gasteiger partial charge in [-0.2, -0.15) is 4.31 Å². The quantitative estimate of drug-likeness (QED) is 0.663. The molecule has 0 spiro atoms. The molecule has 2 bridgehead atoms. The standard InChI is InChI=1S/C24H23N3O4S/c28-23-8-4-7-22-19-13-17(15-27(22)23)14-26(16-19)32(30,31)21-11-9-20(10-12-21)25-24(29)18-5-2-1-3-6-18/h1-12,17,19H,13-16H2,(H,25,29)/t17-,19+/m1/s1. The van der Waals surface area contributed by atoms with Gasteiger partial charge in [0.2, 0.25) is 10.0 Å². The van der Waals surface area contributed by atoms with Crippen LogP contribution in [0.4, 0.5) is 5.69 Å². The molecule has 32 heavy (non-hydrogen) atoms. The second-order valence-electron chi connectivity index (χ2n) is 8.36. The molecule has 1 aromatic heterocycles. The van der Waals surface area contributed by atoms with E-state index in [0.29, 0.717) is 30.9 Å². The number of sulfonamides is 1. The van der Waals surface area contributed by atoms with Crippen molar-refractivity contribution in [3.05, 3.63) is 94.4 Å². The second kappa shape index (κ2) is 8.03. The monoisotopic (exact) mass is 449 g/mol. The predicted octanol–water partition coefficient (Wildman–Crippen LogP) is 2.91. The molecule has 0 aliphatic carbocycles. The van der Waals surface area contributed by atoms with Crippen molar-refractivity contribution < 1.29 is 13.2 Å². The summed E-state index contributed by atoms with van der Waals surface area (Å²) in [5.41, 5.74) is 1.94. The lowest BCUT2D eigenvalue weighted by molar-refractivity contribution is 0.102. The normalized spacial score (nSPS) is 20.4. The lowest BCUT2D eigenvalue weighted by atomic mass is 9.84. The van der Waals surface area contributed by atoms with Crippen molar-refractivity contribution in [2.24, 2.45) is 5.92 Å². The predicted molar refractivity (Wildman–Crippen MR) is 121 cm³/mol. The molecule has 0 unspecified atom stereocenters. The lowest BCUT2D eigenvalue weighted by Gasteiger charge is -2.42. The number of fused-ring (bicyclic) bond motifs is 4. The van der Waals surface area contributed by atoms with E-state index in [4.69, 9.17) is 0 Å². The third-order valence-corrected chi connectivity index (χ3v) is 8.08. The van der Waals surface area contributed by atoms with Gasteiger partial charge in [-0.05, 0) is 54.8 Å². The van der Waals surface area contributed by atoms with Gasteiger partial charge in [0.05, 0.1) is 4.90 Å². The minimum atomic E-state index is -3.68. The summed E-state index contributed by atoms with van der Waals surface area (Å²) in [6.45, 7) is 1.29. The number of aromatic nitrogens is 1. The zero-order valence-corrected chi connectivity index (χ0v) is 18.2. The first-order valence-electron chi connectivity index (χ1n) is 10.6. The van der Waals surface area contributed by atoms with E-state index >= 15 is 0 Å². The van der Waals surface area contributed by atoms with Gasteiger partial charge in [0.1, 0.15) is 0 Å². The fourth-order valence-electron chi connectivity index (χ4n) is 4.70. The molecule has 2 atom stereocenters. The maximum absolute atomic E-state index is 13.3. The fraction of sp³-hybridized carbons (Fsp3) is 0.250. The van der Waals surface area contributed by atoms with Crippen molar-refractivity contribution in [1.29, 1.82) is 0 Å². The van der Waals surface area contributed by atoms with E-state index in [2.05, 4.69) is 5.32 Å². The first-order valence-corrected chi connectivity index (χ1v) is 12.0. The number of nitrogens with one attached hydrogen (secondary N) is 1. The van der Waals surface area contributed by atoms with Crippen LogP contribution in [0.2, 0.25) is 0 Å². The van der Waals surface area contributed by atoms with Gasteiger partial charge >= 0.3 is 0 Å². The van der Waals surface area contributed by atoms with E-state index in [-0.39, 0.29) is 28.2 Å². The zero-order chi connectivity index (χ0) is 22.3. The number of benzene rings is 2. The lowest BCUT2D eigenvalue weighted by Crippen LogP contribution is -2.48. The van der Waals surface area contributed by atoms with Gasteiger partial charge in [0.25, 0.3) is 11.5 Å². The van der Waals surface area contributed by atoms with Crippen molar-refractivity contribution in [1.82, 2.24) is 8.87 Å². The number of anilines is 1. The van der Waals surface area contributed by atoms with E-state index in [0.717, 1.165) is 12.1 Å². The van der Waals surface area contributed by atoms with Crippen LogP contribution in [-0.2, 0) is 16.6 Å². The van der Waals surface area contributed by atoms with Crippen molar-refractivity contribution in [2.45, 2.75) is 23.8 Å². The Morgan fingerprint density at radius 2 is 1.62 bits per heavy atom. The van der Waals surface area contributed by atoms with Gasteiger partial charge in [-0.25, -0.2) is 8.42 Å². The Bertz CT molecular complexity index is 1320. The van der Waals surface area contributed by atoms with E-state index in [1.807, 2.05) is 12.1 Å². The van der Waals surface area contributed by atoms with Crippen LogP contribution in [-0.4, -0.2) is 36.3 Å². The summed E-state index contributed by atoms with van der Waals surface area (Å²) in [6, 6.07) is 20.3. The minimum Gasteiger partial charge on any atom is -0.322 e. The first-order chi connectivity index (χ1) is 15.4. The molecule has 8 heteroatoms. The number of amides is 1. The minimum absolute atomic E-state index is 0.00982. The zero-order valence-electron chi connectivity index (χ0n) is 17.3. The SMILES string of the molecule is O=C(Nc1ccc(S(=O)(=O)N2C[C@H]3C[C@@H](C2)c2cccc(=O)n2C3)cc1)c1ccccc1. The van der Waals surface area contributed by atoms with Gasteiger partial charge in [-0.1, -0.05) is 24.3 Å². The Labute approximate surface area is 186 Å². The summed E-state index contributed by atoms with van der Waals surface area (Å²) in [5.74, 6) is -0.130. The van der Waals surface area contributed by atoms with Gasteiger partial charge in [0, 0.05) is 48.6 Å². The maximum atomic E-state index is 13.3. The van der Waals surface area contributed by atoms with Crippen molar-refractivity contribution in [3.8, 4) is 0 Å². The van der Waals surface area contributed by atoms with Crippen molar-refractivity contribution in [2.75, 3.05) is 18.4 Å². The van der Waals surface area contributed by atoms with Gasteiger partial charge in [-0.15, -0.1) is 0 Å². The highest BCUT2D eigenvalue weighted by atomic mass is 32.2. The summed E-state index contributed by atoms with van der Waals surface area (Å²) in [6.07, 6.45) is 0.889. The average Bonchev–Trinajstić information content (AvgIpc) is 2.80. The Hall–Kier alpha value is -3.23. The summed E-state index contributed by atoms with van der Waals surface area (Å²) in [5, 5.41) is 2.79. The van der Waals surface area contributed by atoms with Crippen LogP contribution in [0.25, 0.3) is 0 Å². The molecule has 7 nitrogen and oxygen atoms in total. The molecule has 3 heterocycles. The van der Waals surface area contributed by atoms with Crippen LogP contribution in [0.15, 0.2) is 82.5 Å². The first kappa shape index (κ1) is 20.7. The van der Waals surface area contributed by atoms with Crippen LogP contribution >= 0.6 is 0 Å². The van der Waals surface area contributed by atoms with E-state index in [1.165, 1.54) is 16.4 Å². The van der Waals surface area contributed by atoms with Crippen LogP contribution in [0.3, 0.4) is 0 Å². The Morgan fingerprint density at radius 1 is 0.875 bits per heavy atom. The fourth-order valence-corrected chi connectivity index (χ4v) is 6.26. The number of carbonyl (C=O) groups excluding carboxylic acids is 1. The molecule has 0 saturated carbocycles. The molecule has 0 radical (unpaired) electrons. The molecule has 164 valence electrons. The highest BCUT2D eigenvalue weighted by Gasteiger charge is 2.39. The number of hydrogen-bond acceptors (Lipinski definition) is 4. The molecule has 5 rings (SSSR count). The topological polar surface area (TPSA) is 88.5 Å². The molecule has 1 N–H and O–H groups in total. The third-order valence-electron chi connectivity index (χ3n) is 6.23. The van der Waals surface area contributed by atoms with Crippen molar-refractivity contribution in [3.63, 3.8) is 0 Å². The average molecular weight is 450 g/mol. The van der Waals surface area contributed by atoms with Crippen LogP contribution in [0, 0.1) is 5.92 Å². The molecular formula is C24H23N3O4S. The molecule has 3 aromatic rings. The number of pyridine rings is 1. The molecule has 1 amide bonds. The number of hydrogen-bond donors (Lipinski definition) is 1. The molecular weight excluding hydrogens is 426 g/mol. The molecule has 2 aliphatic heterocycles. The van der Waals surface area contributed by atoms with Gasteiger partial charge in [-0.3, -0.25) is 9.59 Å². The Morgan fingerprint density at radius 3 is 2.38 bits per heavy atom. The Balaban J connectivity index is 1.34. The molecule has 1 saturated heterocycles. The van der Waals surface area contributed by atoms with Crippen LogP contribution in [0.1, 0.15) is 28.4 Å². The summed E-state index contributed by atoms with van der Waals surface area (Å²) in [7, 11) is -3.68.